The number of carboxylic acids is 1. The van der Waals surface area contributed by atoms with Crippen molar-refractivity contribution in [3.8, 4) is 0 Å². The fourth-order valence-corrected chi connectivity index (χ4v) is 3.31. The molecule has 0 radical (unpaired) electrons. The number of aliphatic carboxylic acids is 1. The van der Waals surface area contributed by atoms with Gasteiger partial charge in [0.2, 0.25) is 0 Å². The summed E-state index contributed by atoms with van der Waals surface area (Å²) < 4.78 is 1.80. The highest BCUT2D eigenvalue weighted by Gasteiger charge is 2.34. The first-order valence-electron chi connectivity index (χ1n) is 5.93. The van der Waals surface area contributed by atoms with Gasteiger partial charge >= 0.3 is 5.97 Å². The van der Waals surface area contributed by atoms with Crippen LogP contribution in [-0.4, -0.2) is 32.7 Å². The van der Waals surface area contributed by atoms with Gasteiger partial charge in [-0.3, -0.25) is 14.8 Å². The number of hydrogen-bond donors (Lipinski definition) is 2. The maximum Gasteiger partial charge on any atom is 0.321 e. The van der Waals surface area contributed by atoms with E-state index in [0.717, 1.165) is 11.3 Å². The number of thioether (sulfide) groups is 1. The molecule has 5 nitrogen and oxygen atoms in total. The monoisotopic (exact) mass is 269 g/mol. The van der Waals surface area contributed by atoms with Gasteiger partial charge in [0, 0.05) is 30.0 Å². The van der Waals surface area contributed by atoms with E-state index in [0.29, 0.717) is 5.75 Å². The van der Waals surface area contributed by atoms with E-state index in [9.17, 15) is 4.79 Å². The van der Waals surface area contributed by atoms with Crippen LogP contribution in [-0.2, 0) is 17.3 Å². The van der Waals surface area contributed by atoms with E-state index in [1.165, 1.54) is 0 Å². The highest BCUT2D eigenvalue weighted by molar-refractivity contribution is 7.99. The molecule has 6 heteroatoms. The van der Waals surface area contributed by atoms with Crippen LogP contribution in [0.2, 0.25) is 0 Å². The fourth-order valence-electron chi connectivity index (χ4n) is 2.08. The Labute approximate surface area is 111 Å². The van der Waals surface area contributed by atoms with Crippen molar-refractivity contribution in [3.63, 3.8) is 0 Å². The Morgan fingerprint density at radius 1 is 1.61 bits per heavy atom. The summed E-state index contributed by atoms with van der Waals surface area (Å²) in [5, 5.41) is 16.7. The number of aryl methyl sites for hydroxylation is 1. The molecule has 0 spiro atoms. The van der Waals surface area contributed by atoms with Crippen LogP contribution in [0.5, 0.6) is 0 Å². The molecular weight excluding hydrogens is 250 g/mol. The molecule has 18 heavy (non-hydrogen) atoms. The molecule has 100 valence electrons. The first-order valence-corrected chi connectivity index (χ1v) is 6.98. The average molecular weight is 269 g/mol. The van der Waals surface area contributed by atoms with Crippen molar-refractivity contribution in [3.05, 3.63) is 17.5 Å². The quantitative estimate of drug-likeness (QED) is 0.852. The fraction of sp³-hybridized carbons (Fsp3) is 0.667. The summed E-state index contributed by atoms with van der Waals surface area (Å²) in [5.41, 5.74) is 2.08. The summed E-state index contributed by atoms with van der Waals surface area (Å²) in [6.45, 7) is 6.35. The van der Waals surface area contributed by atoms with E-state index in [1.54, 1.807) is 16.4 Å². The van der Waals surface area contributed by atoms with Crippen LogP contribution in [0, 0.1) is 0 Å². The molecule has 1 aliphatic heterocycles. The molecule has 0 amide bonds. The molecule has 1 saturated heterocycles. The van der Waals surface area contributed by atoms with Gasteiger partial charge < -0.3 is 5.11 Å². The summed E-state index contributed by atoms with van der Waals surface area (Å²) in [5.74, 6) is -0.190. The number of aromatic nitrogens is 2. The zero-order chi connectivity index (χ0) is 13.5. The molecule has 2 atom stereocenters. The zero-order valence-electron chi connectivity index (χ0n) is 11.1. The molecule has 1 fully saturated rings. The van der Waals surface area contributed by atoms with Crippen LogP contribution < -0.4 is 5.32 Å². The van der Waals surface area contributed by atoms with Gasteiger partial charge in [-0.2, -0.15) is 5.10 Å². The van der Waals surface area contributed by atoms with Crippen molar-refractivity contribution >= 4 is 17.7 Å². The van der Waals surface area contributed by atoms with Crippen LogP contribution >= 0.6 is 11.8 Å². The van der Waals surface area contributed by atoms with Gasteiger partial charge in [0.1, 0.15) is 6.04 Å². The van der Waals surface area contributed by atoms with Crippen LogP contribution in [0.1, 0.15) is 37.4 Å². The van der Waals surface area contributed by atoms with E-state index in [-0.39, 0.29) is 10.8 Å². The van der Waals surface area contributed by atoms with Gasteiger partial charge in [-0.15, -0.1) is 11.8 Å². The Morgan fingerprint density at radius 2 is 2.28 bits per heavy atom. The smallest absolute Gasteiger partial charge is 0.321 e. The molecule has 1 aromatic rings. The average Bonchev–Trinajstić information content (AvgIpc) is 2.81. The summed E-state index contributed by atoms with van der Waals surface area (Å²) in [6.07, 6.45) is 1.98. The Balaban J connectivity index is 2.27. The molecule has 2 heterocycles. The van der Waals surface area contributed by atoms with Crippen molar-refractivity contribution in [2.24, 2.45) is 7.05 Å². The van der Waals surface area contributed by atoms with Crippen LogP contribution in [0.15, 0.2) is 6.20 Å². The van der Waals surface area contributed by atoms with Crippen LogP contribution in [0.4, 0.5) is 0 Å². The van der Waals surface area contributed by atoms with E-state index in [1.807, 2.05) is 13.2 Å². The summed E-state index contributed by atoms with van der Waals surface area (Å²) in [7, 11) is 1.90. The largest absolute Gasteiger partial charge is 0.480 e. The highest BCUT2D eigenvalue weighted by atomic mass is 32.2. The molecule has 2 unspecified atom stereocenters. The third kappa shape index (κ3) is 2.54. The summed E-state index contributed by atoms with van der Waals surface area (Å²) in [6, 6.07) is -0.465. The normalized spacial score (nSPS) is 24.4. The van der Waals surface area contributed by atoms with Gasteiger partial charge in [-0.1, -0.05) is 20.8 Å². The zero-order valence-corrected chi connectivity index (χ0v) is 11.9. The summed E-state index contributed by atoms with van der Waals surface area (Å²) >= 11 is 1.63. The van der Waals surface area contributed by atoms with Crippen LogP contribution in [0.3, 0.4) is 0 Å². The van der Waals surface area contributed by atoms with E-state index < -0.39 is 12.0 Å². The number of carboxylic acid groups (broad SMARTS) is 1. The second-order valence-electron chi connectivity index (χ2n) is 5.63. The number of hydrogen-bond acceptors (Lipinski definition) is 4. The first kappa shape index (κ1) is 13.4. The molecule has 0 bridgehead atoms. The lowest BCUT2D eigenvalue weighted by molar-refractivity contribution is -0.138. The van der Waals surface area contributed by atoms with Gasteiger partial charge in [0.25, 0.3) is 0 Å². The van der Waals surface area contributed by atoms with E-state index >= 15 is 0 Å². The summed E-state index contributed by atoms with van der Waals surface area (Å²) in [4.78, 5) is 11.0. The molecule has 2 rings (SSSR count). The number of nitrogens with zero attached hydrogens (tertiary/aromatic N) is 2. The third-order valence-corrected chi connectivity index (χ3v) is 4.18. The van der Waals surface area contributed by atoms with Gasteiger partial charge in [0.05, 0.1) is 11.1 Å². The second kappa shape index (κ2) is 4.59. The Bertz CT molecular complexity index is 464. The van der Waals surface area contributed by atoms with Crippen molar-refractivity contribution < 1.29 is 9.90 Å². The molecule has 0 aromatic carbocycles. The minimum Gasteiger partial charge on any atom is -0.480 e. The number of rotatable bonds is 2. The minimum absolute atomic E-state index is 0.0222. The Kier molecular flexibility index (Phi) is 3.42. The third-order valence-electron chi connectivity index (χ3n) is 2.93. The van der Waals surface area contributed by atoms with Crippen molar-refractivity contribution in [1.29, 1.82) is 0 Å². The molecule has 2 N–H and O–H groups in total. The predicted octanol–water partition coefficient (Wildman–Crippen LogP) is 1.51. The lowest BCUT2D eigenvalue weighted by atomic mass is 9.89. The molecule has 0 aliphatic carbocycles. The van der Waals surface area contributed by atoms with Gasteiger partial charge in [-0.05, 0) is 0 Å². The number of carbonyl (C=O) groups is 1. The van der Waals surface area contributed by atoms with Crippen molar-refractivity contribution in [2.75, 3.05) is 5.75 Å². The lowest BCUT2D eigenvalue weighted by Gasteiger charge is -2.20. The molecule has 0 saturated carbocycles. The Hall–Kier alpha value is -1.01. The molecular formula is C12H19N3O2S. The first-order chi connectivity index (χ1) is 8.29. The van der Waals surface area contributed by atoms with E-state index in [2.05, 4.69) is 31.2 Å². The van der Waals surface area contributed by atoms with Crippen molar-refractivity contribution in [1.82, 2.24) is 15.1 Å². The SMILES string of the molecule is Cn1cc(C2NC(C(=O)O)CS2)c(C(C)(C)C)n1. The van der Waals surface area contributed by atoms with E-state index in [4.69, 9.17) is 5.11 Å². The topological polar surface area (TPSA) is 67.2 Å². The number of nitrogens with one attached hydrogen (secondary N) is 1. The maximum absolute atomic E-state index is 11.0. The molecule has 1 aromatic heterocycles. The molecule has 1 aliphatic rings. The van der Waals surface area contributed by atoms with Crippen molar-refractivity contribution in [2.45, 2.75) is 37.6 Å². The van der Waals surface area contributed by atoms with Gasteiger partial charge in [-0.25, -0.2) is 0 Å². The minimum atomic E-state index is -0.786. The lowest BCUT2D eigenvalue weighted by Crippen LogP contribution is -2.34. The van der Waals surface area contributed by atoms with Crippen LogP contribution in [0.25, 0.3) is 0 Å². The maximum atomic E-state index is 11.0. The highest BCUT2D eigenvalue weighted by Crippen LogP contribution is 2.37. The standard InChI is InChI=1S/C12H19N3O2S/c1-12(2,3)9-7(5-15(4)14-9)10-13-8(6-18-10)11(16)17/h5,8,10,13H,6H2,1-4H3,(H,16,17). The second-order valence-corrected chi connectivity index (χ2v) is 6.77. The van der Waals surface area contributed by atoms with Gasteiger partial charge in [0.15, 0.2) is 0 Å². The predicted molar refractivity (Wildman–Crippen MR) is 71.7 cm³/mol. The Morgan fingerprint density at radius 3 is 2.78 bits per heavy atom.